The summed E-state index contributed by atoms with van der Waals surface area (Å²) in [5.41, 5.74) is 1.62. The van der Waals surface area contributed by atoms with E-state index in [1.807, 2.05) is 6.07 Å². The number of imide groups is 1. The molecule has 3 aromatic rings. The Bertz CT molecular complexity index is 1120. The van der Waals surface area contributed by atoms with Crippen molar-refractivity contribution in [1.82, 2.24) is 0 Å². The molecule has 6 heteroatoms. The largest absolute Gasteiger partial charge is 0.423 e. The van der Waals surface area contributed by atoms with E-state index in [9.17, 15) is 19.2 Å². The van der Waals surface area contributed by atoms with Gasteiger partial charge in [-0.15, -0.1) is 0 Å². The summed E-state index contributed by atoms with van der Waals surface area (Å²) in [5.74, 6) is -1.05. The van der Waals surface area contributed by atoms with Crippen molar-refractivity contribution in [2.24, 2.45) is 0 Å². The number of ether oxygens (including phenoxy) is 1. The molecule has 1 aliphatic heterocycles. The molecule has 4 rings (SSSR count). The SMILES string of the molecule is O=C(Oc1ccc(C(=O)c2ccccc2)cc1)c1cccc(N2C(=O)CCC2=O)c1. The number of rotatable bonds is 5. The predicted molar refractivity (Wildman–Crippen MR) is 109 cm³/mol. The minimum absolute atomic E-state index is 0.124. The Hall–Kier alpha value is -4.06. The summed E-state index contributed by atoms with van der Waals surface area (Å²) in [6.07, 6.45) is 0.336. The van der Waals surface area contributed by atoms with Gasteiger partial charge in [0.2, 0.25) is 11.8 Å². The molecule has 0 aromatic heterocycles. The molecule has 3 aromatic carbocycles. The lowest BCUT2D eigenvalue weighted by molar-refractivity contribution is -0.121. The number of hydrogen-bond donors (Lipinski definition) is 0. The van der Waals surface area contributed by atoms with E-state index in [2.05, 4.69) is 0 Å². The Balaban J connectivity index is 1.48. The topological polar surface area (TPSA) is 80.8 Å². The molecule has 1 heterocycles. The van der Waals surface area contributed by atoms with E-state index in [1.54, 1.807) is 66.7 Å². The maximum Gasteiger partial charge on any atom is 0.343 e. The summed E-state index contributed by atoms with van der Waals surface area (Å²) in [6, 6.07) is 21.4. The van der Waals surface area contributed by atoms with Crippen LogP contribution in [0, 0.1) is 0 Å². The van der Waals surface area contributed by atoms with Gasteiger partial charge in [-0.1, -0.05) is 36.4 Å². The first-order valence-corrected chi connectivity index (χ1v) is 9.41. The van der Waals surface area contributed by atoms with E-state index in [1.165, 1.54) is 6.07 Å². The van der Waals surface area contributed by atoms with Crippen molar-refractivity contribution in [3.8, 4) is 5.75 Å². The van der Waals surface area contributed by atoms with Gasteiger partial charge in [0, 0.05) is 24.0 Å². The maximum absolute atomic E-state index is 12.5. The third-order valence-electron chi connectivity index (χ3n) is 4.75. The fraction of sp³-hybridized carbons (Fsp3) is 0.0833. The molecule has 1 fully saturated rings. The number of esters is 1. The van der Waals surface area contributed by atoms with E-state index in [0.29, 0.717) is 16.8 Å². The minimum Gasteiger partial charge on any atom is -0.423 e. The Morgan fingerprint density at radius 3 is 1.97 bits per heavy atom. The first-order chi connectivity index (χ1) is 14.5. The quantitative estimate of drug-likeness (QED) is 0.282. The van der Waals surface area contributed by atoms with Gasteiger partial charge in [-0.3, -0.25) is 19.3 Å². The molecule has 148 valence electrons. The van der Waals surface area contributed by atoms with Gasteiger partial charge >= 0.3 is 5.97 Å². The number of anilines is 1. The molecule has 1 aliphatic rings. The third-order valence-corrected chi connectivity index (χ3v) is 4.75. The second-order valence-corrected chi connectivity index (χ2v) is 6.78. The first kappa shape index (κ1) is 19.3. The van der Waals surface area contributed by atoms with Gasteiger partial charge < -0.3 is 4.74 Å². The number of amides is 2. The summed E-state index contributed by atoms with van der Waals surface area (Å²) in [7, 11) is 0. The Labute approximate surface area is 172 Å². The lowest BCUT2D eigenvalue weighted by Crippen LogP contribution is -2.28. The molecule has 0 radical (unpaired) electrons. The summed E-state index contributed by atoms with van der Waals surface area (Å²) >= 11 is 0. The van der Waals surface area contributed by atoms with Crippen molar-refractivity contribution in [1.29, 1.82) is 0 Å². The van der Waals surface area contributed by atoms with Gasteiger partial charge in [0.15, 0.2) is 5.78 Å². The first-order valence-electron chi connectivity index (χ1n) is 9.41. The summed E-state index contributed by atoms with van der Waals surface area (Å²) in [6.45, 7) is 0. The van der Waals surface area contributed by atoms with E-state index in [-0.39, 0.29) is 41.8 Å². The van der Waals surface area contributed by atoms with Crippen molar-refractivity contribution in [3.63, 3.8) is 0 Å². The number of carbonyl (C=O) groups is 4. The second-order valence-electron chi connectivity index (χ2n) is 6.78. The average Bonchev–Trinajstić information content (AvgIpc) is 3.12. The highest BCUT2D eigenvalue weighted by molar-refractivity contribution is 6.20. The summed E-state index contributed by atoms with van der Waals surface area (Å²) in [4.78, 5) is 49.9. The Morgan fingerprint density at radius 2 is 1.30 bits per heavy atom. The zero-order valence-corrected chi connectivity index (χ0v) is 15.9. The molecule has 0 N–H and O–H groups in total. The molecule has 0 bridgehead atoms. The fourth-order valence-electron chi connectivity index (χ4n) is 3.23. The van der Waals surface area contributed by atoms with E-state index in [4.69, 9.17) is 4.74 Å². The maximum atomic E-state index is 12.5. The van der Waals surface area contributed by atoms with E-state index in [0.717, 1.165) is 4.90 Å². The Kier molecular flexibility index (Phi) is 5.22. The highest BCUT2D eigenvalue weighted by atomic mass is 16.5. The highest BCUT2D eigenvalue weighted by Gasteiger charge is 2.30. The zero-order valence-electron chi connectivity index (χ0n) is 15.9. The zero-order chi connectivity index (χ0) is 21.1. The van der Waals surface area contributed by atoms with Crippen LogP contribution in [0.3, 0.4) is 0 Å². The van der Waals surface area contributed by atoms with Gasteiger partial charge in [0.1, 0.15) is 5.75 Å². The normalized spacial score (nSPS) is 13.4. The molecular formula is C24H17NO5. The number of benzene rings is 3. The molecule has 0 unspecified atom stereocenters. The van der Waals surface area contributed by atoms with E-state index < -0.39 is 5.97 Å². The van der Waals surface area contributed by atoms with Gasteiger partial charge in [0.05, 0.1) is 11.3 Å². The standard InChI is InChI=1S/C24H17NO5/c26-21-13-14-22(27)25(21)19-8-4-7-18(15-19)24(29)30-20-11-9-17(10-12-20)23(28)16-5-2-1-3-6-16/h1-12,15H,13-14H2. The van der Waals surface area contributed by atoms with Crippen LogP contribution < -0.4 is 9.64 Å². The van der Waals surface area contributed by atoms with Gasteiger partial charge in [-0.2, -0.15) is 0 Å². The van der Waals surface area contributed by atoms with Gasteiger partial charge in [-0.05, 0) is 42.5 Å². The molecule has 30 heavy (non-hydrogen) atoms. The van der Waals surface area contributed by atoms with Crippen LogP contribution in [0.1, 0.15) is 39.1 Å². The fourth-order valence-corrected chi connectivity index (χ4v) is 3.23. The highest BCUT2D eigenvalue weighted by Crippen LogP contribution is 2.24. The van der Waals surface area contributed by atoms with Crippen LogP contribution in [0.4, 0.5) is 5.69 Å². The summed E-state index contributed by atoms with van der Waals surface area (Å²) < 4.78 is 5.37. The lowest BCUT2D eigenvalue weighted by Gasteiger charge is -2.14. The van der Waals surface area contributed by atoms with Gasteiger partial charge in [-0.25, -0.2) is 4.79 Å². The number of nitrogens with zero attached hydrogens (tertiary/aromatic N) is 1. The van der Waals surface area contributed by atoms with E-state index >= 15 is 0 Å². The van der Waals surface area contributed by atoms with Gasteiger partial charge in [0.25, 0.3) is 0 Å². The van der Waals surface area contributed by atoms with Crippen LogP contribution in [0.5, 0.6) is 5.75 Å². The van der Waals surface area contributed by atoms with Crippen LogP contribution >= 0.6 is 0 Å². The second kappa shape index (κ2) is 8.13. The monoisotopic (exact) mass is 399 g/mol. The number of carbonyl (C=O) groups excluding carboxylic acids is 4. The molecule has 0 aliphatic carbocycles. The van der Waals surface area contributed by atoms with Crippen LogP contribution in [-0.2, 0) is 9.59 Å². The molecule has 0 atom stereocenters. The smallest absolute Gasteiger partial charge is 0.343 e. The molecule has 0 spiro atoms. The number of ketones is 1. The minimum atomic E-state index is -0.627. The van der Waals surface area contributed by atoms with Crippen LogP contribution in [0.15, 0.2) is 78.9 Å². The van der Waals surface area contributed by atoms with Crippen molar-refractivity contribution >= 4 is 29.3 Å². The average molecular weight is 399 g/mol. The predicted octanol–water partition coefficient (Wildman–Crippen LogP) is 3.79. The molecule has 2 amide bonds. The third kappa shape index (κ3) is 3.89. The van der Waals surface area contributed by atoms with Crippen molar-refractivity contribution in [2.75, 3.05) is 4.90 Å². The van der Waals surface area contributed by atoms with Crippen LogP contribution in [0.25, 0.3) is 0 Å². The van der Waals surface area contributed by atoms with Crippen molar-refractivity contribution in [3.05, 3.63) is 95.6 Å². The molecule has 0 saturated carbocycles. The van der Waals surface area contributed by atoms with Crippen LogP contribution in [-0.4, -0.2) is 23.6 Å². The van der Waals surface area contributed by atoms with Crippen LogP contribution in [0.2, 0.25) is 0 Å². The van der Waals surface area contributed by atoms with Crippen molar-refractivity contribution < 1.29 is 23.9 Å². The summed E-state index contributed by atoms with van der Waals surface area (Å²) in [5, 5.41) is 0. The molecule has 6 nitrogen and oxygen atoms in total. The van der Waals surface area contributed by atoms with Crippen molar-refractivity contribution in [2.45, 2.75) is 12.8 Å². The molecule has 1 saturated heterocycles. The number of hydrogen-bond acceptors (Lipinski definition) is 5. The lowest BCUT2D eigenvalue weighted by atomic mass is 10.0. The Morgan fingerprint density at radius 1 is 0.700 bits per heavy atom. The molecular weight excluding hydrogens is 382 g/mol.